The van der Waals surface area contributed by atoms with E-state index in [1.807, 2.05) is 0 Å². The number of hydrogen-bond acceptors (Lipinski definition) is 4. The number of amides is 1. The lowest BCUT2D eigenvalue weighted by Gasteiger charge is -2.15. The van der Waals surface area contributed by atoms with Crippen molar-refractivity contribution in [3.05, 3.63) is 29.6 Å². The first-order valence-electron chi connectivity index (χ1n) is 6.69. The van der Waals surface area contributed by atoms with E-state index in [0.717, 1.165) is 6.07 Å². The second kappa shape index (κ2) is 8.36. The number of carbonyl (C=O) groups excluding carboxylic acids is 2. The van der Waals surface area contributed by atoms with Gasteiger partial charge in [-0.25, -0.2) is 4.39 Å². The van der Waals surface area contributed by atoms with Gasteiger partial charge >= 0.3 is 0 Å². The Bertz CT molecular complexity index is 504. The van der Waals surface area contributed by atoms with E-state index in [2.05, 4.69) is 5.32 Å². The maximum Gasteiger partial charge on any atom is 0.260 e. The number of hydrogen-bond donors (Lipinski definition) is 1. The number of rotatable bonds is 8. The number of carbonyl (C=O) groups is 2. The van der Waals surface area contributed by atoms with Crippen molar-refractivity contribution in [2.75, 3.05) is 20.3 Å². The van der Waals surface area contributed by atoms with Gasteiger partial charge in [-0.1, -0.05) is 0 Å². The van der Waals surface area contributed by atoms with Crippen LogP contribution in [0.15, 0.2) is 18.2 Å². The second-order valence-electron chi connectivity index (χ2n) is 4.60. The Hall–Kier alpha value is -1.95. The Morgan fingerprint density at radius 2 is 2.10 bits per heavy atom. The van der Waals surface area contributed by atoms with Gasteiger partial charge in [-0.15, -0.1) is 0 Å². The van der Waals surface area contributed by atoms with Gasteiger partial charge in [-0.2, -0.15) is 0 Å². The first kappa shape index (κ1) is 17.1. The van der Waals surface area contributed by atoms with Gasteiger partial charge in [-0.3, -0.25) is 9.59 Å². The summed E-state index contributed by atoms with van der Waals surface area (Å²) < 4.78 is 23.9. The third-order valence-electron chi connectivity index (χ3n) is 2.83. The molecular formula is C15H20FNO4. The average Bonchev–Trinajstić information content (AvgIpc) is 2.43. The van der Waals surface area contributed by atoms with Crippen molar-refractivity contribution in [2.45, 2.75) is 26.4 Å². The van der Waals surface area contributed by atoms with E-state index in [1.165, 1.54) is 19.1 Å². The zero-order valence-electron chi connectivity index (χ0n) is 12.4. The molecule has 0 aliphatic rings. The lowest BCUT2D eigenvalue weighted by atomic mass is 10.1. The Labute approximate surface area is 123 Å². The van der Waals surface area contributed by atoms with E-state index >= 15 is 0 Å². The van der Waals surface area contributed by atoms with Crippen LogP contribution in [0.2, 0.25) is 0 Å². The molecule has 1 unspecified atom stereocenters. The van der Waals surface area contributed by atoms with E-state index < -0.39 is 11.9 Å². The second-order valence-corrected chi connectivity index (χ2v) is 4.60. The molecule has 1 rings (SSSR count). The Balaban J connectivity index is 2.54. The van der Waals surface area contributed by atoms with E-state index in [9.17, 15) is 14.0 Å². The van der Waals surface area contributed by atoms with Gasteiger partial charge in [0.05, 0.1) is 5.56 Å². The van der Waals surface area contributed by atoms with Crippen molar-refractivity contribution in [3.63, 3.8) is 0 Å². The smallest absolute Gasteiger partial charge is 0.260 e. The van der Waals surface area contributed by atoms with Crippen molar-refractivity contribution < 1.29 is 23.5 Å². The molecule has 0 fully saturated rings. The Morgan fingerprint density at radius 3 is 2.67 bits per heavy atom. The number of ether oxygens (including phenoxy) is 2. The normalized spacial score (nSPS) is 11.8. The quantitative estimate of drug-likeness (QED) is 0.588. The first-order chi connectivity index (χ1) is 9.95. The van der Waals surface area contributed by atoms with Gasteiger partial charge in [-0.05, 0) is 32.4 Å². The molecule has 5 nitrogen and oxygen atoms in total. The molecule has 1 atom stereocenters. The highest BCUT2D eigenvalue weighted by molar-refractivity contribution is 5.94. The van der Waals surface area contributed by atoms with E-state index in [1.54, 1.807) is 14.0 Å². The van der Waals surface area contributed by atoms with Crippen LogP contribution in [0.4, 0.5) is 4.39 Å². The predicted octanol–water partition coefficient (Wildman–Crippen LogP) is 1.95. The maximum absolute atomic E-state index is 13.6. The van der Waals surface area contributed by atoms with Gasteiger partial charge < -0.3 is 14.8 Å². The summed E-state index contributed by atoms with van der Waals surface area (Å²) in [5, 5.41) is 2.69. The summed E-state index contributed by atoms with van der Waals surface area (Å²) in [6.07, 6.45) is -0.0493. The van der Waals surface area contributed by atoms with Crippen LogP contribution in [-0.4, -0.2) is 38.1 Å². The Kier molecular flexibility index (Phi) is 6.81. The van der Waals surface area contributed by atoms with Gasteiger partial charge in [0.2, 0.25) is 0 Å². The Morgan fingerprint density at radius 1 is 1.38 bits per heavy atom. The lowest BCUT2D eigenvalue weighted by molar-refractivity contribution is -0.127. The zero-order valence-corrected chi connectivity index (χ0v) is 12.4. The number of Topliss-reactive ketones (excluding diaryl/α,β-unsaturated/α-hetero) is 1. The number of nitrogens with one attached hydrogen (secondary N) is 1. The van der Waals surface area contributed by atoms with Crippen LogP contribution in [-0.2, 0) is 9.53 Å². The summed E-state index contributed by atoms with van der Waals surface area (Å²) in [6, 6.07) is 3.91. The highest BCUT2D eigenvalue weighted by atomic mass is 19.1. The topological polar surface area (TPSA) is 64.6 Å². The van der Waals surface area contributed by atoms with Crippen molar-refractivity contribution in [1.82, 2.24) is 5.32 Å². The fraction of sp³-hybridized carbons (Fsp3) is 0.467. The van der Waals surface area contributed by atoms with Crippen LogP contribution >= 0.6 is 0 Å². The maximum atomic E-state index is 13.6. The van der Waals surface area contributed by atoms with Crippen LogP contribution in [0.5, 0.6) is 5.75 Å². The minimum absolute atomic E-state index is 0.000907. The SMILES string of the molecule is COCCCNC(=O)C(C)Oc1ccc(C(C)=O)c(F)c1. The van der Waals surface area contributed by atoms with E-state index in [4.69, 9.17) is 9.47 Å². The van der Waals surface area contributed by atoms with Gasteiger partial charge in [0, 0.05) is 26.3 Å². The zero-order chi connectivity index (χ0) is 15.8. The molecule has 116 valence electrons. The van der Waals surface area contributed by atoms with E-state index in [0.29, 0.717) is 19.6 Å². The minimum Gasteiger partial charge on any atom is -0.481 e. The molecule has 0 aliphatic heterocycles. The summed E-state index contributed by atoms with van der Waals surface area (Å²) in [4.78, 5) is 22.9. The molecular weight excluding hydrogens is 277 g/mol. The van der Waals surface area contributed by atoms with Crippen LogP contribution in [0, 0.1) is 5.82 Å². The third kappa shape index (κ3) is 5.51. The average molecular weight is 297 g/mol. The molecule has 0 saturated heterocycles. The summed E-state index contributed by atoms with van der Waals surface area (Å²) >= 11 is 0. The fourth-order valence-corrected chi connectivity index (χ4v) is 1.68. The molecule has 1 amide bonds. The standard InChI is InChI=1S/C15H20FNO4/c1-10(18)13-6-5-12(9-14(13)16)21-11(2)15(19)17-7-4-8-20-3/h5-6,9,11H,4,7-8H2,1-3H3,(H,17,19). The number of methoxy groups -OCH3 is 1. The van der Waals surface area contributed by atoms with Gasteiger partial charge in [0.25, 0.3) is 5.91 Å². The van der Waals surface area contributed by atoms with Crippen LogP contribution < -0.4 is 10.1 Å². The van der Waals surface area contributed by atoms with Crippen LogP contribution in [0.25, 0.3) is 0 Å². The highest BCUT2D eigenvalue weighted by Gasteiger charge is 2.15. The highest BCUT2D eigenvalue weighted by Crippen LogP contribution is 2.18. The molecule has 21 heavy (non-hydrogen) atoms. The fourth-order valence-electron chi connectivity index (χ4n) is 1.68. The molecule has 6 heteroatoms. The van der Waals surface area contributed by atoms with Crippen LogP contribution in [0.1, 0.15) is 30.6 Å². The molecule has 0 radical (unpaired) electrons. The number of benzene rings is 1. The van der Waals surface area contributed by atoms with Gasteiger partial charge in [0.15, 0.2) is 11.9 Å². The summed E-state index contributed by atoms with van der Waals surface area (Å²) in [5.74, 6) is -1.10. The molecule has 0 saturated carbocycles. The van der Waals surface area contributed by atoms with Gasteiger partial charge in [0.1, 0.15) is 11.6 Å². The molecule has 0 spiro atoms. The molecule has 1 aromatic rings. The number of ketones is 1. The predicted molar refractivity (Wildman–Crippen MR) is 76.0 cm³/mol. The lowest BCUT2D eigenvalue weighted by Crippen LogP contribution is -2.37. The van der Waals surface area contributed by atoms with Crippen LogP contribution in [0.3, 0.4) is 0 Å². The molecule has 0 bridgehead atoms. The largest absolute Gasteiger partial charge is 0.481 e. The molecule has 0 heterocycles. The summed E-state index contributed by atoms with van der Waals surface area (Å²) in [7, 11) is 1.59. The summed E-state index contributed by atoms with van der Waals surface area (Å²) in [5.41, 5.74) is -0.000907. The van der Waals surface area contributed by atoms with E-state index in [-0.39, 0.29) is 23.0 Å². The van der Waals surface area contributed by atoms with Crippen molar-refractivity contribution in [2.24, 2.45) is 0 Å². The third-order valence-corrected chi connectivity index (χ3v) is 2.83. The first-order valence-corrected chi connectivity index (χ1v) is 6.69. The minimum atomic E-state index is -0.755. The van der Waals surface area contributed by atoms with Crippen molar-refractivity contribution in [3.8, 4) is 5.75 Å². The van der Waals surface area contributed by atoms with Crippen molar-refractivity contribution >= 4 is 11.7 Å². The molecule has 0 aromatic heterocycles. The molecule has 1 aromatic carbocycles. The summed E-state index contributed by atoms with van der Waals surface area (Å²) in [6.45, 7) is 3.91. The van der Waals surface area contributed by atoms with Crippen molar-refractivity contribution in [1.29, 1.82) is 0 Å². The molecule has 1 N–H and O–H groups in total. The number of halogens is 1. The monoisotopic (exact) mass is 297 g/mol. The molecule has 0 aliphatic carbocycles.